The summed E-state index contributed by atoms with van der Waals surface area (Å²) < 4.78 is 33.8. The summed E-state index contributed by atoms with van der Waals surface area (Å²) >= 11 is 0. The van der Waals surface area contributed by atoms with Crippen molar-refractivity contribution < 1.29 is 18.6 Å². The molecule has 0 unspecified atom stereocenters. The number of benzene rings is 1. The summed E-state index contributed by atoms with van der Waals surface area (Å²) in [5, 5.41) is 12.3. The monoisotopic (exact) mass is 300 g/mol. The van der Waals surface area contributed by atoms with Crippen molar-refractivity contribution in [2.24, 2.45) is 0 Å². The summed E-state index contributed by atoms with van der Waals surface area (Å²) in [5.41, 5.74) is 1.37. The largest absolute Gasteiger partial charge is 0.496 e. The van der Waals surface area contributed by atoms with Crippen molar-refractivity contribution in [3.05, 3.63) is 29.3 Å². The zero-order valence-electron chi connectivity index (χ0n) is 12.4. The van der Waals surface area contributed by atoms with Crippen molar-refractivity contribution in [1.82, 2.24) is 10.2 Å². The predicted molar refractivity (Wildman–Crippen MR) is 76.9 cm³/mol. The molecule has 1 fully saturated rings. The number of piperazine rings is 1. The molecule has 21 heavy (non-hydrogen) atoms. The van der Waals surface area contributed by atoms with Crippen molar-refractivity contribution in [3.63, 3.8) is 0 Å². The first-order valence-electron chi connectivity index (χ1n) is 7.07. The van der Waals surface area contributed by atoms with E-state index in [0.717, 1.165) is 5.56 Å². The first kappa shape index (κ1) is 16.1. The van der Waals surface area contributed by atoms with Crippen LogP contribution < -0.4 is 10.1 Å². The number of aliphatic hydroxyl groups excluding tert-OH is 1. The van der Waals surface area contributed by atoms with Gasteiger partial charge < -0.3 is 15.2 Å². The van der Waals surface area contributed by atoms with Gasteiger partial charge in [0.2, 0.25) is 0 Å². The van der Waals surface area contributed by atoms with Crippen LogP contribution in [0.4, 0.5) is 8.78 Å². The molecule has 0 radical (unpaired) electrons. The number of methoxy groups -OCH3 is 1. The van der Waals surface area contributed by atoms with Crippen molar-refractivity contribution in [2.75, 3.05) is 39.9 Å². The van der Waals surface area contributed by atoms with Crippen molar-refractivity contribution in [2.45, 2.75) is 18.9 Å². The Kier molecular flexibility index (Phi) is 5.13. The lowest BCUT2D eigenvalue weighted by atomic mass is 9.97. The number of nitrogens with zero attached hydrogens (tertiary/aromatic N) is 1. The highest BCUT2D eigenvalue weighted by atomic mass is 19.3. The molecule has 0 spiro atoms. The number of rotatable bonds is 5. The third-order valence-corrected chi connectivity index (χ3v) is 3.88. The number of nitrogens with one attached hydrogen (secondary N) is 1. The number of alkyl halides is 2. The summed E-state index contributed by atoms with van der Waals surface area (Å²) in [6.45, 7) is 3.08. The summed E-state index contributed by atoms with van der Waals surface area (Å²) in [7, 11) is 1.52. The molecule has 1 aliphatic heterocycles. The van der Waals surface area contributed by atoms with E-state index >= 15 is 0 Å². The molecule has 1 aromatic rings. The van der Waals surface area contributed by atoms with Crippen LogP contribution in [0.5, 0.6) is 5.75 Å². The van der Waals surface area contributed by atoms with Crippen LogP contribution in [-0.2, 0) is 0 Å². The van der Waals surface area contributed by atoms with Gasteiger partial charge >= 0.3 is 0 Å². The zero-order valence-corrected chi connectivity index (χ0v) is 12.4. The first-order valence-corrected chi connectivity index (χ1v) is 7.07. The second-order valence-electron chi connectivity index (χ2n) is 5.34. The SMILES string of the molecule is COc1cc([C@H](N2CCNCC2)C(F)(F)CO)ccc1C. The lowest BCUT2D eigenvalue weighted by Gasteiger charge is -2.38. The van der Waals surface area contributed by atoms with Gasteiger partial charge in [-0.1, -0.05) is 12.1 Å². The van der Waals surface area contributed by atoms with Crippen LogP contribution in [0.1, 0.15) is 17.2 Å². The highest BCUT2D eigenvalue weighted by Gasteiger charge is 2.44. The van der Waals surface area contributed by atoms with Crippen molar-refractivity contribution >= 4 is 0 Å². The molecule has 0 saturated carbocycles. The Morgan fingerprint density at radius 1 is 1.38 bits per heavy atom. The highest BCUT2D eigenvalue weighted by molar-refractivity contribution is 5.38. The van der Waals surface area contributed by atoms with Gasteiger partial charge in [-0.25, -0.2) is 8.78 Å². The van der Waals surface area contributed by atoms with E-state index in [0.29, 0.717) is 37.5 Å². The van der Waals surface area contributed by atoms with Crippen LogP contribution in [0.2, 0.25) is 0 Å². The molecular formula is C15H22F2N2O2. The molecule has 1 aromatic carbocycles. The molecule has 118 valence electrons. The predicted octanol–water partition coefficient (Wildman–Crippen LogP) is 1.58. The lowest BCUT2D eigenvalue weighted by molar-refractivity contribution is -0.118. The van der Waals surface area contributed by atoms with Gasteiger partial charge in [-0.05, 0) is 24.1 Å². The van der Waals surface area contributed by atoms with Crippen LogP contribution in [0.25, 0.3) is 0 Å². The Morgan fingerprint density at radius 3 is 2.62 bits per heavy atom. The minimum absolute atomic E-state index is 0.471. The molecule has 2 N–H and O–H groups in total. The van der Waals surface area contributed by atoms with Crippen LogP contribution in [-0.4, -0.2) is 55.8 Å². The topological polar surface area (TPSA) is 44.7 Å². The van der Waals surface area contributed by atoms with E-state index in [1.165, 1.54) is 7.11 Å². The van der Waals surface area contributed by atoms with Crippen LogP contribution >= 0.6 is 0 Å². The van der Waals surface area contributed by atoms with E-state index in [2.05, 4.69) is 5.32 Å². The summed E-state index contributed by atoms with van der Waals surface area (Å²) in [4.78, 5) is 1.72. The van der Waals surface area contributed by atoms with Gasteiger partial charge in [0.15, 0.2) is 0 Å². The molecule has 1 atom stereocenters. The number of aryl methyl sites for hydroxylation is 1. The Balaban J connectivity index is 2.38. The van der Waals surface area contributed by atoms with Gasteiger partial charge in [-0.3, -0.25) is 4.90 Å². The maximum atomic E-state index is 14.3. The quantitative estimate of drug-likeness (QED) is 0.866. The number of hydrogen-bond donors (Lipinski definition) is 2. The molecule has 6 heteroatoms. The fourth-order valence-electron chi connectivity index (χ4n) is 2.76. The third-order valence-electron chi connectivity index (χ3n) is 3.88. The summed E-state index contributed by atoms with van der Waals surface area (Å²) in [6, 6.07) is 3.97. The maximum Gasteiger partial charge on any atom is 0.289 e. The second-order valence-corrected chi connectivity index (χ2v) is 5.34. The van der Waals surface area contributed by atoms with E-state index < -0.39 is 18.6 Å². The highest BCUT2D eigenvalue weighted by Crippen LogP contribution is 2.38. The minimum atomic E-state index is -3.20. The minimum Gasteiger partial charge on any atom is -0.496 e. The molecule has 4 nitrogen and oxygen atoms in total. The molecule has 1 heterocycles. The number of hydrogen-bond acceptors (Lipinski definition) is 4. The lowest BCUT2D eigenvalue weighted by Crippen LogP contribution is -2.51. The fraction of sp³-hybridized carbons (Fsp3) is 0.600. The molecule has 0 aromatic heterocycles. The van der Waals surface area contributed by atoms with Crippen LogP contribution in [0, 0.1) is 6.92 Å². The van der Waals surface area contributed by atoms with Crippen molar-refractivity contribution in [3.8, 4) is 5.75 Å². The summed E-state index contributed by atoms with van der Waals surface area (Å²) in [5.74, 6) is -2.61. The number of halogens is 2. The Hall–Kier alpha value is -1.24. The smallest absolute Gasteiger partial charge is 0.289 e. The van der Waals surface area contributed by atoms with Gasteiger partial charge in [0, 0.05) is 26.2 Å². The molecule has 0 bridgehead atoms. The maximum absolute atomic E-state index is 14.3. The molecule has 0 amide bonds. The average molecular weight is 300 g/mol. The van der Waals surface area contributed by atoms with E-state index in [-0.39, 0.29) is 0 Å². The Bertz CT molecular complexity index is 477. The van der Waals surface area contributed by atoms with Gasteiger partial charge in [0.25, 0.3) is 5.92 Å². The molecular weight excluding hydrogens is 278 g/mol. The third kappa shape index (κ3) is 3.51. The summed E-state index contributed by atoms with van der Waals surface area (Å²) in [6.07, 6.45) is 0. The molecule has 0 aliphatic carbocycles. The molecule has 2 rings (SSSR count). The van der Waals surface area contributed by atoms with E-state index in [1.54, 1.807) is 23.1 Å². The molecule has 1 aliphatic rings. The van der Waals surface area contributed by atoms with Gasteiger partial charge in [0.05, 0.1) is 7.11 Å². The average Bonchev–Trinajstić information content (AvgIpc) is 2.50. The van der Waals surface area contributed by atoms with Crippen molar-refractivity contribution in [1.29, 1.82) is 0 Å². The Morgan fingerprint density at radius 2 is 2.05 bits per heavy atom. The van der Waals surface area contributed by atoms with E-state index in [9.17, 15) is 8.78 Å². The van der Waals surface area contributed by atoms with Gasteiger partial charge in [0.1, 0.15) is 18.4 Å². The van der Waals surface area contributed by atoms with Gasteiger partial charge in [-0.2, -0.15) is 0 Å². The molecule has 1 saturated heterocycles. The zero-order chi connectivity index (χ0) is 15.5. The van der Waals surface area contributed by atoms with Crippen LogP contribution in [0.15, 0.2) is 18.2 Å². The number of ether oxygens (including phenoxy) is 1. The normalized spacial score (nSPS) is 18.5. The standard InChI is InChI=1S/C15H22F2N2O2/c1-11-3-4-12(9-13(11)21-2)14(15(16,17)10-20)19-7-5-18-6-8-19/h3-4,9,14,18,20H,5-8,10H2,1-2H3/t14-/m0/s1. The first-order chi connectivity index (χ1) is 9.99. The van der Waals surface area contributed by atoms with Crippen LogP contribution in [0.3, 0.4) is 0 Å². The van der Waals surface area contributed by atoms with E-state index in [1.807, 2.05) is 6.92 Å². The van der Waals surface area contributed by atoms with E-state index in [4.69, 9.17) is 9.84 Å². The number of aliphatic hydroxyl groups is 1. The Labute approximate surface area is 123 Å². The fourth-order valence-corrected chi connectivity index (χ4v) is 2.76. The second kappa shape index (κ2) is 6.68. The van der Waals surface area contributed by atoms with Gasteiger partial charge in [-0.15, -0.1) is 0 Å².